The van der Waals surface area contributed by atoms with Gasteiger partial charge in [0, 0.05) is 19.3 Å². The largest absolute Gasteiger partial charge is 0.462 e. The van der Waals surface area contributed by atoms with E-state index in [1.807, 2.05) is 0 Å². The third-order valence-corrected chi connectivity index (χ3v) is 14.8. The van der Waals surface area contributed by atoms with Crippen LogP contribution < -0.4 is 0 Å². The van der Waals surface area contributed by atoms with E-state index >= 15 is 0 Å². The van der Waals surface area contributed by atoms with Gasteiger partial charge in [0.15, 0.2) is 6.10 Å². The summed E-state index contributed by atoms with van der Waals surface area (Å²) in [5, 5.41) is 0. The Morgan fingerprint density at radius 1 is 0.267 bits per heavy atom. The molecule has 6 nitrogen and oxygen atoms in total. The molecule has 0 aliphatic carbocycles. The first-order valence-corrected chi connectivity index (χ1v) is 33.1. The summed E-state index contributed by atoms with van der Waals surface area (Å²) in [4.78, 5) is 38.4. The molecule has 0 aromatic carbocycles. The Bertz CT molecular complexity index is 1300. The highest BCUT2D eigenvalue weighted by molar-refractivity contribution is 5.71. The van der Waals surface area contributed by atoms with Crippen molar-refractivity contribution < 1.29 is 28.6 Å². The third-order valence-electron chi connectivity index (χ3n) is 14.8. The summed E-state index contributed by atoms with van der Waals surface area (Å²) in [6.45, 7) is 6.66. The second-order valence-corrected chi connectivity index (χ2v) is 22.4. The Labute approximate surface area is 467 Å². The molecule has 0 aromatic heterocycles. The first-order valence-electron chi connectivity index (χ1n) is 33.1. The molecule has 6 heteroatoms. The van der Waals surface area contributed by atoms with Crippen molar-refractivity contribution in [3.63, 3.8) is 0 Å². The lowest BCUT2D eigenvalue weighted by molar-refractivity contribution is -0.167. The van der Waals surface area contributed by atoms with Gasteiger partial charge in [0.1, 0.15) is 13.2 Å². The van der Waals surface area contributed by atoms with Gasteiger partial charge in [-0.05, 0) is 83.5 Å². The molecule has 0 aliphatic heterocycles. The Morgan fingerprint density at radius 2 is 0.480 bits per heavy atom. The Kier molecular flexibility index (Phi) is 61.7. The van der Waals surface area contributed by atoms with E-state index < -0.39 is 6.10 Å². The van der Waals surface area contributed by atoms with E-state index in [1.54, 1.807) is 0 Å². The van der Waals surface area contributed by atoms with Crippen LogP contribution in [0, 0.1) is 0 Å². The molecular formula is C69H126O6. The van der Waals surface area contributed by atoms with Crippen LogP contribution in [0.25, 0.3) is 0 Å². The van der Waals surface area contributed by atoms with E-state index in [4.69, 9.17) is 14.2 Å². The molecule has 75 heavy (non-hydrogen) atoms. The average Bonchev–Trinajstić information content (AvgIpc) is 3.41. The average molecular weight is 1050 g/mol. The summed E-state index contributed by atoms with van der Waals surface area (Å²) in [7, 11) is 0. The lowest BCUT2D eigenvalue weighted by Crippen LogP contribution is -2.30. The summed E-state index contributed by atoms with van der Waals surface area (Å²) in [6, 6.07) is 0. The third kappa shape index (κ3) is 62.1. The summed E-state index contributed by atoms with van der Waals surface area (Å²) >= 11 is 0. The summed E-state index contributed by atoms with van der Waals surface area (Å²) in [5.41, 5.74) is 0. The van der Waals surface area contributed by atoms with Crippen LogP contribution in [0.4, 0.5) is 0 Å². The van der Waals surface area contributed by atoms with Gasteiger partial charge in [0.2, 0.25) is 0 Å². The smallest absolute Gasteiger partial charge is 0.306 e. The Balaban J connectivity index is 4.35. The molecule has 0 heterocycles. The maximum Gasteiger partial charge on any atom is 0.306 e. The highest BCUT2D eigenvalue weighted by atomic mass is 16.6. The monoisotopic (exact) mass is 1050 g/mol. The van der Waals surface area contributed by atoms with Crippen molar-refractivity contribution in [2.45, 2.75) is 361 Å². The summed E-state index contributed by atoms with van der Waals surface area (Å²) in [6.07, 6.45) is 79.7. The quantitative estimate of drug-likeness (QED) is 0.0261. The van der Waals surface area contributed by atoms with Gasteiger partial charge in [0.25, 0.3) is 0 Å². The minimum Gasteiger partial charge on any atom is -0.462 e. The molecular weight excluding hydrogens is 925 g/mol. The number of hydrogen-bond acceptors (Lipinski definition) is 6. The normalized spacial score (nSPS) is 12.3. The highest BCUT2D eigenvalue weighted by Gasteiger charge is 2.19. The zero-order valence-corrected chi connectivity index (χ0v) is 50.3. The Morgan fingerprint density at radius 3 is 0.747 bits per heavy atom. The highest BCUT2D eigenvalue weighted by Crippen LogP contribution is 2.17. The molecule has 0 N–H and O–H groups in total. The molecule has 0 amide bonds. The van der Waals surface area contributed by atoms with Crippen molar-refractivity contribution in [2.75, 3.05) is 13.2 Å². The maximum absolute atomic E-state index is 12.9. The van der Waals surface area contributed by atoms with Crippen LogP contribution in [0.1, 0.15) is 355 Å². The molecule has 0 aromatic rings. The molecule has 0 spiro atoms. The van der Waals surface area contributed by atoms with Gasteiger partial charge in [-0.25, -0.2) is 0 Å². The summed E-state index contributed by atoms with van der Waals surface area (Å²) in [5.74, 6) is -0.868. The van der Waals surface area contributed by atoms with Crippen LogP contribution in [0.2, 0.25) is 0 Å². The minimum absolute atomic E-state index is 0.0752. The number of allylic oxidation sites excluding steroid dienone is 8. The summed E-state index contributed by atoms with van der Waals surface area (Å²) < 4.78 is 17.0. The lowest BCUT2D eigenvalue weighted by Gasteiger charge is -2.18. The molecule has 0 rings (SSSR count). The number of ether oxygens (including phenoxy) is 3. The van der Waals surface area contributed by atoms with Gasteiger partial charge in [-0.15, -0.1) is 0 Å². The van der Waals surface area contributed by atoms with Crippen molar-refractivity contribution in [3.05, 3.63) is 48.6 Å². The van der Waals surface area contributed by atoms with Gasteiger partial charge < -0.3 is 14.2 Å². The first kappa shape index (κ1) is 72.4. The van der Waals surface area contributed by atoms with E-state index in [0.717, 1.165) is 83.5 Å². The van der Waals surface area contributed by atoms with E-state index in [9.17, 15) is 14.4 Å². The fourth-order valence-electron chi connectivity index (χ4n) is 9.80. The number of rotatable bonds is 61. The van der Waals surface area contributed by atoms with E-state index in [-0.39, 0.29) is 31.1 Å². The SMILES string of the molecule is CCCCCC/C=C\C/C=C\CCCCCCCCCC(=O)OCC(COC(=O)CCCCCCCCCCCCCCCCCCCCCCC)OC(=O)CCCCCCCCC/C=C\C/C=C\CCCCCC. The van der Waals surface area contributed by atoms with E-state index in [2.05, 4.69) is 69.4 Å². The number of hydrogen-bond donors (Lipinski definition) is 0. The zero-order valence-electron chi connectivity index (χ0n) is 50.3. The van der Waals surface area contributed by atoms with Crippen molar-refractivity contribution in [2.24, 2.45) is 0 Å². The number of esters is 3. The zero-order chi connectivity index (χ0) is 54.3. The lowest BCUT2D eigenvalue weighted by atomic mass is 10.0. The fourth-order valence-corrected chi connectivity index (χ4v) is 9.80. The standard InChI is InChI=1S/C69H126O6/c1-4-7-10-13-16-19-22-25-28-31-34-35-36-39-41-44-47-50-53-56-59-62-68(71)74-65-66(75-69(72)63-60-57-54-51-48-45-42-38-33-30-27-24-21-18-15-12-9-6-3)64-73-67(70)61-58-55-52-49-46-43-40-37-32-29-26-23-20-17-14-11-8-5-2/h20-21,23-24,29-30,32-33,66H,4-19,22,25-28,31,34-65H2,1-3H3/b23-20-,24-21-,32-29-,33-30-. The van der Waals surface area contributed by atoms with E-state index in [1.165, 1.54) is 231 Å². The van der Waals surface area contributed by atoms with Gasteiger partial charge >= 0.3 is 17.9 Å². The van der Waals surface area contributed by atoms with Crippen LogP contribution in [0.5, 0.6) is 0 Å². The topological polar surface area (TPSA) is 78.9 Å². The minimum atomic E-state index is -0.780. The van der Waals surface area contributed by atoms with Crippen LogP contribution in [-0.4, -0.2) is 37.2 Å². The van der Waals surface area contributed by atoms with Crippen molar-refractivity contribution in [1.82, 2.24) is 0 Å². The van der Waals surface area contributed by atoms with Crippen LogP contribution in [0.15, 0.2) is 48.6 Å². The number of unbranched alkanes of at least 4 members (excludes halogenated alkanes) is 42. The first-order chi connectivity index (χ1) is 37.0. The van der Waals surface area contributed by atoms with E-state index in [0.29, 0.717) is 19.3 Å². The van der Waals surface area contributed by atoms with Gasteiger partial charge in [0.05, 0.1) is 0 Å². The number of carbonyl (C=O) groups excluding carboxylic acids is 3. The molecule has 0 saturated heterocycles. The van der Waals surface area contributed by atoms with Gasteiger partial charge in [-0.1, -0.05) is 301 Å². The molecule has 0 radical (unpaired) electrons. The molecule has 0 saturated carbocycles. The van der Waals surface area contributed by atoms with Crippen molar-refractivity contribution in [1.29, 1.82) is 0 Å². The molecule has 0 aliphatic rings. The van der Waals surface area contributed by atoms with Crippen LogP contribution in [0.3, 0.4) is 0 Å². The second-order valence-electron chi connectivity index (χ2n) is 22.4. The maximum atomic E-state index is 12.9. The number of carbonyl (C=O) groups is 3. The molecule has 1 atom stereocenters. The van der Waals surface area contributed by atoms with Gasteiger partial charge in [-0.2, -0.15) is 0 Å². The predicted octanol–water partition coefficient (Wildman–Crippen LogP) is 22.6. The molecule has 0 fully saturated rings. The second kappa shape index (κ2) is 63.9. The van der Waals surface area contributed by atoms with Crippen molar-refractivity contribution >= 4 is 17.9 Å². The predicted molar refractivity (Wildman–Crippen MR) is 325 cm³/mol. The van der Waals surface area contributed by atoms with Crippen LogP contribution >= 0.6 is 0 Å². The Hall–Kier alpha value is -2.63. The van der Waals surface area contributed by atoms with Crippen LogP contribution in [-0.2, 0) is 28.6 Å². The molecule has 0 bridgehead atoms. The molecule has 438 valence electrons. The fraction of sp³-hybridized carbons (Fsp3) is 0.841. The molecule has 1 unspecified atom stereocenters. The van der Waals surface area contributed by atoms with Gasteiger partial charge in [-0.3, -0.25) is 14.4 Å². The van der Waals surface area contributed by atoms with Crippen molar-refractivity contribution in [3.8, 4) is 0 Å².